The Morgan fingerprint density at radius 3 is 2.81 bits per heavy atom. The van der Waals surface area contributed by atoms with Crippen molar-refractivity contribution in [3.05, 3.63) is 66.1 Å². The normalized spacial score (nSPS) is 11.0. The number of rotatable bonds is 9. The third kappa shape index (κ3) is 4.70. The van der Waals surface area contributed by atoms with Crippen LogP contribution in [0.4, 0.5) is 0 Å². The van der Waals surface area contributed by atoms with Gasteiger partial charge in [-0.15, -0.1) is 0 Å². The monoisotopic (exact) mass is 351 g/mol. The van der Waals surface area contributed by atoms with Gasteiger partial charge in [-0.05, 0) is 42.2 Å². The molecule has 3 rings (SSSR count). The Labute approximate surface area is 154 Å². The number of hydrogen-bond donors (Lipinski definition) is 1. The highest BCUT2D eigenvalue weighted by Crippen LogP contribution is 2.23. The number of pyridine rings is 1. The number of ether oxygens (including phenoxy) is 1. The van der Waals surface area contributed by atoms with E-state index in [4.69, 9.17) is 4.74 Å². The standard InChI is InChI=1S/C21H25N3O2/c1-26-14-13-24-16-18(19-6-2-3-7-20(19)24)5-4-8-21(25)23-15-17-9-11-22-12-10-17/h2-3,6-7,9-12,16H,4-5,8,13-15H2,1H3,(H,23,25). The number of aryl methyl sites for hydroxylation is 1. The molecule has 0 unspecified atom stereocenters. The fraction of sp³-hybridized carbons (Fsp3) is 0.333. The molecule has 1 aromatic carbocycles. The minimum Gasteiger partial charge on any atom is -0.383 e. The first-order valence-corrected chi connectivity index (χ1v) is 8.99. The minimum atomic E-state index is 0.0879. The summed E-state index contributed by atoms with van der Waals surface area (Å²) in [5, 5.41) is 4.23. The summed E-state index contributed by atoms with van der Waals surface area (Å²) < 4.78 is 7.44. The van der Waals surface area contributed by atoms with Crippen LogP contribution in [-0.2, 0) is 29.0 Å². The molecule has 0 saturated carbocycles. The van der Waals surface area contributed by atoms with E-state index in [2.05, 4.69) is 45.3 Å². The van der Waals surface area contributed by atoms with Crippen LogP contribution in [0.5, 0.6) is 0 Å². The van der Waals surface area contributed by atoms with Crippen LogP contribution in [-0.4, -0.2) is 29.2 Å². The molecular formula is C21H25N3O2. The van der Waals surface area contributed by atoms with Gasteiger partial charge in [-0.25, -0.2) is 0 Å². The highest BCUT2D eigenvalue weighted by atomic mass is 16.5. The molecule has 2 heterocycles. The molecule has 136 valence electrons. The fourth-order valence-corrected chi connectivity index (χ4v) is 3.13. The zero-order valence-corrected chi connectivity index (χ0v) is 15.1. The first kappa shape index (κ1) is 18.1. The van der Waals surface area contributed by atoms with Gasteiger partial charge < -0.3 is 14.6 Å². The van der Waals surface area contributed by atoms with Gasteiger partial charge in [-0.3, -0.25) is 9.78 Å². The molecule has 5 heteroatoms. The van der Waals surface area contributed by atoms with E-state index >= 15 is 0 Å². The van der Waals surface area contributed by atoms with Gasteiger partial charge in [0.25, 0.3) is 0 Å². The maximum atomic E-state index is 12.1. The third-order valence-corrected chi connectivity index (χ3v) is 4.50. The van der Waals surface area contributed by atoms with E-state index in [9.17, 15) is 4.79 Å². The Hall–Kier alpha value is -2.66. The molecular weight excluding hydrogens is 326 g/mol. The van der Waals surface area contributed by atoms with Gasteiger partial charge in [0, 0.05) is 56.1 Å². The second kappa shape index (κ2) is 9.15. The van der Waals surface area contributed by atoms with Crippen molar-refractivity contribution in [3.63, 3.8) is 0 Å². The summed E-state index contributed by atoms with van der Waals surface area (Å²) in [4.78, 5) is 16.0. The third-order valence-electron chi connectivity index (χ3n) is 4.50. The van der Waals surface area contributed by atoms with E-state index in [1.54, 1.807) is 19.5 Å². The van der Waals surface area contributed by atoms with Gasteiger partial charge in [0.15, 0.2) is 0 Å². The molecule has 0 radical (unpaired) electrons. The number of carbonyl (C=O) groups excluding carboxylic acids is 1. The van der Waals surface area contributed by atoms with Crippen molar-refractivity contribution >= 4 is 16.8 Å². The lowest BCUT2D eigenvalue weighted by molar-refractivity contribution is -0.121. The fourth-order valence-electron chi connectivity index (χ4n) is 3.13. The number of amides is 1. The number of aromatic nitrogens is 2. The van der Waals surface area contributed by atoms with E-state index in [0.717, 1.165) is 24.9 Å². The Bertz CT molecular complexity index is 843. The molecule has 1 amide bonds. The van der Waals surface area contributed by atoms with Crippen LogP contribution in [0.2, 0.25) is 0 Å². The number of hydrogen-bond acceptors (Lipinski definition) is 3. The predicted octanol–water partition coefficient (Wildman–Crippen LogP) is 3.32. The first-order valence-electron chi connectivity index (χ1n) is 8.99. The van der Waals surface area contributed by atoms with Crippen LogP contribution in [0, 0.1) is 0 Å². The molecule has 0 saturated heterocycles. The molecule has 26 heavy (non-hydrogen) atoms. The Morgan fingerprint density at radius 1 is 1.19 bits per heavy atom. The van der Waals surface area contributed by atoms with Gasteiger partial charge in [0.1, 0.15) is 0 Å². The first-order chi connectivity index (χ1) is 12.8. The van der Waals surface area contributed by atoms with Gasteiger partial charge in [-0.1, -0.05) is 18.2 Å². The molecule has 2 aromatic heterocycles. The lowest BCUT2D eigenvalue weighted by atomic mass is 10.1. The SMILES string of the molecule is COCCn1cc(CCCC(=O)NCc2ccncc2)c2ccccc21. The van der Waals surface area contributed by atoms with Crippen molar-refractivity contribution in [1.82, 2.24) is 14.9 Å². The second-order valence-electron chi connectivity index (χ2n) is 6.34. The van der Waals surface area contributed by atoms with Crippen LogP contribution in [0.1, 0.15) is 24.0 Å². The second-order valence-corrected chi connectivity index (χ2v) is 6.34. The molecule has 5 nitrogen and oxygen atoms in total. The smallest absolute Gasteiger partial charge is 0.220 e. The molecule has 1 N–H and O–H groups in total. The van der Waals surface area contributed by atoms with Crippen LogP contribution >= 0.6 is 0 Å². The Balaban J connectivity index is 1.53. The number of nitrogens with one attached hydrogen (secondary N) is 1. The average Bonchev–Trinajstić information content (AvgIpc) is 3.03. The molecule has 0 aliphatic rings. The summed E-state index contributed by atoms with van der Waals surface area (Å²) in [6.07, 6.45) is 7.92. The van der Waals surface area contributed by atoms with Crippen LogP contribution in [0.25, 0.3) is 10.9 Å². The molecule has 0 fully saturated rings. The summed E-state index contributed by atoms with van der Waals surface area (Å²) >= 11 is 0. The van der Waals surface area contributed by atoms with Gasteiger partial charge >= 0.3 is 0 Å². The van der Waals surface area contributed by atoms with Crippen LogP contribution < -0.4 is 5.32 Å². The van der Waals surface area contributed by atoms with Crippen molar-refractivity contribution in [2.24, 2.45) is 0 Å². The number of carbonyl (C=O) groups is 1. The van der Waals surface area contributed by atoms with Gasteiger partial charge in [0.2, 0.25) is 5.91 Å². The number of methoxy groups -OCH3 is 1. The summed E-state index contributed by atoms with van der Waals surface area (Å²) in [7, 11) is 1.72. The van der Waals surface area contributed by atoms with Crippen molar-refractivity contribution in [3.8, 4) is 0 Å². The molecule has 3 aromatic rings. The lowest BCUT2D eigenvalue weighted by Gasteiger charge is -2.05. The summed E-state index contributed by atoms with van der Waals surface area (Å²) in [6.45, 7) is 2.08. The van der Waals surface area contributed by atoms with Crippen molar-refractivity contribution < 1.29 is 9.53 Å². The summed E-state index contributed by atoms with van der Waals surface area (Å²) in [5.41, 5.74) is 3.58. The minimum absolute atomic E-state index is 0.0879. The van der Waals surface area contributed by atoms with E-state index in [-0.39, 0.29) is 5.91 Å². The molecule has 0 aliphatic heterocycles. The lowest BCUT2D eigenvalue weighted by Crippen LogP contribution is -2.22. The maximum Gasteiger partial charge on any atom is 0.220 e. The largest absolute Gasteiger partial charge is 0.383 e. The summed E-state index contributed by atoms with van der Waals surface area (Å²) in [5.74, 6) is 0.0879. The van der Waals surface area contributed by atoms with Crippen LogP contribution in [0.3, 0.4) is 0 Å². The zero-order chi connectivity index (χ0) is 18.2. The number of nitrogens with zero attached hydrogens (tertiary/aromatic N) is 2. The highest BCUT2D eigenvalue weighted by molar-refractivity contribution is 5.84. The zero-order valence-electron chi connectivity index (χ0n) is 15.1. The van der Waals surface area contributed by atoms with Gasteiger partial charge in [0.05, 0.1) is 6.61 Å². The van der Waals surface area contributed by atoms with Gasteiger partial charge in [-0.2, -0.15) is 0 Å². The van der Waals surface area contributed by atoms with Crippen molar-refractivity contribution in [1.29, 1.82) is 0 Å². The van der Waals surface area contributed by atoms with E-state index in [0.29, 0.717) is 19.6 Å². The van der Waals surface area contributed by atoms with E-state index < -0.39 is 0 Å². The Kier molecular flexibility index (Phi) is 6.39. The topological polar surface area (TPSA) is 56.1 Å². The summed E-state index contributed by atoms with van der Waals surface area (Å²) in [6, 6.07) is 12.2. The Morgan fingerprint density at radius 2 is 2.00 bits per heavy atom. The van der Waals surface area contributed by atoms with E-state index in [1.807, 2.05) is 12.1 Å². The number of para-hydroxylation sites is 1. The molecule has 0 spiro atoms. The molecule has 0 bridgehead atoms. The quantitative estimate of drug-likeness (QED) is 0.643. The molecule has 0 atom stereocenters. The predicted molar refractivity (Wildman–Crippen MR) is 103 cm³/mol. The van der Waals surface area contributed by atoms with Crippen molar-refractivity contribution in [2.75, 3.05) is 13.7 Å². The highest BCUT2D eigenvalue weighted by Gasteiger charge is 2.09. The van der Waals surface area contributed by atoms with E-state index in [1.165, 1.54) is 16.5 Å². The number of benzene rings is 1. The number of fused-ring (bicyclic) bond motifs is 1. The average molecular weight is 351 g/mol. The van der Waals surface area contributed by atoms with Crippen LogP contribution in [0.15, 0.2) is 55.0 Å². The van der Waals surface area contributed by atoms with Crippen molar-refractivity contribution in [2.45, 2.75) is 32.4 Å². The molecule has 0 aliphatic carbocycles. The maximum absolute atomic E-state index is 12.1.